The molecule has 0 amide bonds. The number of fused-ring (bicyclic) bond motifs is 1. The highest BCUT2D eigenvalue weighted by molar-refractivity contribution is 5.79. The first-order valence-electron chi connectivity index (χ1n) is 13.1. The van der Waals surface area contributed by atoms with Crippen LogP contribution in [0.15, 0.2) is 53.3 Å². The predicted octanol–water partition coefficient (Wildman–Crippen LogP) is 5.65. The number of H-pyrrole nitrogens is 1. The van der Waals surface area contributed by atoms with Gasteiger partial charge in [0.1, 0.15) is 0 Å². The third-order valence-electron chi connectivity index (χ3n) is 7.43. The molecule has 1 N–H and O–H groups in total. The molecule has 4 aromatic rings. The average Bonchev–Trinajstić information content (AvgIpc) is 3.53. The number of aryl methyl sites for hydroxylation is 2. The lowest BCUT2D eigenvalue weighted by atomic mass is 9.99. The molecule has 1 saturated carbocycles. The van der Waals surface area contributed by atoms with E-state index in [9.17, 15) is 4.79 Å². The molecule has 1 aliphatic rings. The third kappa shape index (κ3) is 5.12. The Morgan fingerprint density at radius 2 is 1.72 bits per heavy atom. The van der Waals surface area contributed by atoms with E-state index in [0.29, 0.717) is 19.1 Å². The largest absolute Gasteiger partial charge is 0.322 e. The molecule has 0 bridgehead atoms. The molecule has 0 radical (unpaired) electrons. The first-order chi connectivity index (χ1) is 17.4. The van der Waals surface area contributed by atoms with Crippen molar-refractivity contribution in [3.8, 4) is 0 Å². The van der Waals surface area contributed by atoms with Gasteiger partial charge in [0.05, 0.1) is 12.1 Å². The van der Waals surface area contributed by atoms with E-state index in [0.717, 1.165) is 35.1 Å². The minimum atomic E-state index is -0.0434. The average molecular weight is 485 g/mol. The first-order valence-corrected chi connectivity index (χ1v) is 13.1. The molecule has 188 valence electrons. The molecule has 2 aromatic heterocycles. The van der Waals surface area contributed by atoms with Gasteiger partial charge in [-0.1, -0.05) is 68.1 Å². The smallest absolute Gasteiger partial charge is 0.252 e. The van der Waals surface area contributed by atoms with E-state index in [-0.39, 0.29) is 17.5 Å². The maximum Gasteiger partial charge on any atom is 0.252 e. The zero-order valence-corrected chi connectivity index (χ0v) is 21.7. The number of nitrogens with one attached hydrogen (secondary N) is 1. The maximum absolute atomic E-state index is 13.2. The molecule has 0 saturated heterocycles. The standard InChI is InChI=1S/C29H36N6O/c1-19(2)27(28-31-32-33-35(28)25-7-5-6-8-25)34(17-22-12-9-20(3)10-13-22)18-24-16-23-15-21(4)11-14-26(23)30-29(24)36/h9-16,19,25,27H,5-8,17-18H2,1-4H3,(H,30,36)/t27-/m1/s1. The molecule has 36 heavy (non-hydrogen) atoms. The van der Waals surface area contributed by atoms with Gasteiger partial charge >= 0.3 is 0 Å². The Bertz CT molecular complexity index is 1380. The molecule has 2 aromatic carbocycles. The van der Waals surface area contributed by atoms with Crippen LogP contribution in [-0.4, -0.2) is 30.1 Å². The van der Waals surface area contributed by atoms with Crippen LogP contribution in [0.4, 0.5) is 0 Å². The molecule has 7 heteroatoms. The van der Waals surface area contributed by atoms with Crippen LogP contribution >= 0.6 is 0 Å². The second kappa shape index (κ2) is 10.3. The SMILES string of the molecule is Cc1ccc(CN(Cc2cc3cc(C)ccc3[nH]c2=O)[C@@H](c2nnnn2C2CCCC2)C(C)C)cc1. The number of hydrogen-bond acceptors (Lipinski definition) is 5. The summed E-state index contributed by atoms with van der Waals surface area (Å²) in [5.74, 6) is 1.15. The fraction of sp³-hybridized carbons (Fsp3) is 0.448. The lowest BCUT2D eigenvalue weighted by Gasteiger charge is -2.34. The lowest BCUT2D eigenvalue weighted by molar-refractivity contribution is 0.123. The van der Waals surface area contributed by atoms with E-state index in [1.165, 1.54) is 29.5 Å². The summed E-state index contributed by atoms with van der Waals surface area (Å²) in [5.41, 5.74) is 5.19. The van der Waals surface area contributed by atoms with Crippen LogP contribution in [0.3, 0.4) is 0 Å². The molecule has 1 fully saturated rings. The van der Waals surface area contributed by atoms with Crippen molar-refractivity contribution in [3.63, 3.8) is 0 Å². The second-order valence-electron chi connectivity index (χ2n) is 10.7. The minimum Gasteiger partial charge on any atom is -0.322 e. The molecule has 0 unspecified atom stereocenters. The highest BCUT2D eigenvalue weighted by atomic mass is 16.1. The van der Waals surface area contributed by atoms with Crippen LogP contribution in [0.25, 0.3) is 10.9 Å². The Balaban J connectivity index is 1.56. The molecule has 1 aliphatic carbocycles. The van der Waals surface area contributed by atoms with Gasteiger partial charge in [-0.05, 0) is 72.2 Å². The van der Waals surface area contributed by atoms with Crippen molar-refractivity contribution >= 4 is 10.9 Å². The predicted molar refractivity (Wildman–Crippen MR) is 143 cm³/mol. The Morgan fingerprint density at radius 1 is 1.00 bits per heavy atom. The van der Waals surface area contributed by atoms with Crippen molar-refractivity contribution in [2.75, 3.05) is 0 Å². The topological polar surface area (TPSA) is 79.7 Å². The molecule has 0 aliphatic heterocycles. The van der Waals surface area contributed by atoms with Crippen LogP contribution in [0.5, 0.6) is 0 Å². The van der Waals surface area contributed by atoms with Gasteiger partial charge in [-0.2, -0.15) is 0 Å². The van der Waals surface area contributed by atoms with E-state index >= 15 is 0 Å². The summed E-state index contributed by atoms with van der Waals surface area (Å²) in [6.45, 7) is 9.82. The lowest BCUT2D eigenvalue weighted by Crippen LogP contribution is -2.35. The fourth-order valence-corrected chi connectivity index (χ4v) is 5.58. The van der Waals surface area contributed by atoms with Crippen LogP contribution in [0.1, 0.15) is 79.7 Å². The summed E-state index contributed by atoms with van der Waals surface area (Å²) in [5, 5.41) is 14.2. The summed E-state index contributed by atoms with van der Waals surface area (Å²) in [6, 6.07) is 17.1. The van der Waals surface area contributed by atoms with Crippen molar-refractivity contribution in [2.24, 2.45) is 5.92 Å². The Hall–Kier alpha value is -3.32. The summed E-state index contributed by atoms with van der Waals surface area (Å²) < 4.78 is 2.06. The number of nitrogens with zero attached hydrogens (tertiary/aromatic N) is 5. The van der Waals surface area contributed by atoms with Crippen molar-refractivity contribution in [1.29, 1.82) is 0 Å². The third-order valence-corrected chi connectivity index (χ3v) is 7.43. The van der Waals surface area contributed by atoms with Gasteiger partial charge < -0.3 is 4.98 Å². The molecule has 2 heterocycles. The van der Waals surface area contributed by atoms with E-state index in [4.69, 9.17) is 0 Å². The van der Waals surface area contributed by atoms with Crippen molar-refractivity contribution in [1.82, 2.24) is 30.1 Å². The summed E-state index contributed by atoms with van der Waals surface area (Å²) in [7, 11) is 0. The van der Waals surface area contributed by atoms with Gasteiger partial charge in [-0.25, -0.2) is 4.68 Å². The summed E-state index contributed by atoms with van der Waals surface area (Å²) in [6.07, 6.45) is 4.67. The van der Waals surface area contributed by atoms with Crippen molar-refractivity contribution in [3.05, 3.63) is 87.0 Å². The number of aromatic nitrogens is 5. The zero-order valence-electron chi connectivity index (χ0n) is 21.7. The van der Waals surface area contributed by atoms with Crippen LogP contribution in [0, 0.1) is 19.8 Å². The van der Waals surface area contributed by atoms with Gasteiger partial charge in [0.15, 0.2) is 5.82 Å². The van der Waals surface area contributed by atoms with Crippen LogP contribution < -0.4 is 5.56 Å². The fourth-order valence-electron chi connectivity index (χ4n) is 5.58. The Morgan fingerprint density at radius 3 is 2.44 bits per heavy atom. The molecule has 7 nitrogen and oxygen atoms in total. The van der Waals surface area contributed by atoms with Crippen molar-refractivity contribution in [2.45, 2.75) is 78.6 Å². The van der Waals surface area contributed by atoms with Gasteiger partial charge in [0.25, 0.3) is 5.56 Å². The van der Waals surface area contributed by atoms with E-state index in [1.54, 1.807) is 0 Å². The molecule has 0 spiro atoms. The van der Waals surface area contributed by atoms with Crippen LogP contribution in [-0.2, 0) is 13.1 Å². The van der Waals surface area contributed by atoms with Crippen molar-refractivity contribution < 1.29 is 0 Å². The normalized spacial score (nSPS) is 15.4. The number of hydrogen-bond donors (Lipinski definition) is 1. The number of aromatic amines is 1. The number of pyridine rings is 1. The van der Waals surface area contributed by atoms with E-state index in [2.05, 4.69) is 88.1 Å². The van der Waals surface area contributed by atoms with Gasteiger partial charge in [-0.15, -0.1) is 5.10 Å². The van der Waals surface area contributed by atoms with Crippen LogP contribution in [0.2, 0.25) is 0 Å². The van der Waals surface area contributed by atoms with E-state index < -0.39 is 0 Å². The van der Waals surface area contributed by atoms with Gasteiger partial charge in [0, 0.05) is 24.2 Å². The highest BCUT2D eigenvalue weighted by Gasteiger charge is 2.32. The number of benzene rings is 2. The summed E-state index contributed by atoms with van der Waals surface area (Å²) in [4.78, 5) is 18.6. The van der Waals surface area contributed by atoms with Gasteiger partial charge in [-0.3, -0.25) is 9.69 Å². The molecule has 1 atom stereocenters. The first kappa shape index (κ1) is 24.4. The Labute approximate surface area is 212 Å². The molecular formula is C29H36N6O. The second-order valence-corrected chi connectivity index (χ2v) is 10.7. The number of tetrazole rings is 1. The molecular weight excluding hydrogens is 448 g/mol. The quantitative estimate of drug-likeness (QED) is 0.350. The Kier molecular flexibility index (Phi) is 7.01. The monoisotopic (exact) mass is 484 g/mol. The van der Waals surface area contributed by atoms with E-state index in [1.807, 2.05) is 18.2 Å². The summed E-state index contributed by atoms with van der Waals surface area (Å²) >= 11 is 0. The van der Waals surface area contributed by atoms with Gasteiger partial charge in [0.2, 0.25) is 0 Å². The highest BCUT2D eigenvalue weighted by Crippen LogP contribution is 2.35. The molecule has 5 rings (SSSR count). The zero-order chi connectivity index (χ0) is 25.2. The minimum absolute atomic E-state index is 0.0329. The maximum atomic E-state index is 13.2. The number of rotatable bonds is 8.